The molecular formula is C10H7BrFNO. The molecule has 0 radical (unpaired) electrons. The highest BCUT2D eigenvalue weighted by molar-refractivity contribution is 9.10. The second-order valence-corrected chi connectivity index (χ2v) is 3.41. The number of anilines is 1. The quantitative estimate of drug-likeness (QED) is 0.809. The molecular weight excluding hydrogens is 249 g/mol. The Labute approximate surface area is 89.6 Å². The molecule has 0 bridgehead atoms. The maximum Gasteiger partial charge on any atom is 0.236 e. The summed E-state index contributed by atoms with van der Waals surface area (Å²) in [6.07, 6.45) is 4.97. The molecule has 0 atom stereocenters. The summed E-state index contributed by atoms with van der Waals surface area (Å²) in [5.41, 5.74) is 0.506. The zero-order valence-corrected chi connectivity index (χ0v) is 8.77. The lowest BCUT2D eigenvalue weighted by Gasteiger charge is -2.05. The summed E-state index contributed by atoms with van der Waals surface area (Å²) in [5, 5.41) is 2.54. The lowest BCUT2D eigenvalue weighted by atomic mass is 10.3. The summed E-state index contributed by atoms with van der Waals surface area (Å²) in [7, 11) is 0. The maximum absolute atomic E-state index is 12.7. The SMILES string of the molecule is C#CCC(=O)Nc1ccc(F)cc1Br. The Bertz CT molecular complexity index is 398. The molecule has 0 unspecified atom stereocenters. The first-order chi connectivity index (χ1) is 6.63. The van der Waals surface area contributed by atoms with Gasteiger partial charge >= 0.3 is 0 Å². The summed E-state index contributed by atoms with van der Waals surface area (Å²) < 4.78 is 13.1. The van der Waals surface area contributed by atoms with Gasteiger partial charge in [0.1, 0.15) is 5.82 Å². The molecule has 1 amide bonds. The van der Waals surface area contributed by atoms with Crippen LogP contribution in [0, 0.1) is 18.2 Å². The fraction of sp³-hybridized carbons (Fsp3) is 0.100. The van der Waals surface area contributed by atoms with Crippen molar-refractivity contribution in [1.29, 1.82) is 0 Å². The molecule has 14 heavy (non-hydrogen) atoms. The fourth-order valence-electron chi connectivity index (χ4n) is 0.878. The van der Waals surface area contributed by atoms with Crippen molar-refractivity contribution in [1.82, 2.24) is 0 Å². The highest BCUT2D eigenvalue weighted by atomic mass is 79.9. The van der Waals surface area contributed by atoms with Crippen molar-refractivity contribution in [3.63, 3.8) is 0 Å². The van der Waals surface area contributed by atoms with Gasteiger partial charge in [-0.15, -0.1) is 6.42 Å². The molecule has 1 rings (SSSR count). The Morgan fingerprint density at radius 2 is 2.36 bits per heavy atom. The molecule has 0 aromatic heterocycles. The van der Waals surface area contributed by atoms with Crippen molar-refractivity contribution in [2.24, 2.45) is 0 Å². The lowest BCUT2D eigenvalue weighted by Crippen LogP contribution is -2.10. The van der Waals surface area contributed by atoms with Gasteiger partial charge in [-0.3, -0.25) is 4.79 Å². The van der Waals surface area contributed by atoms with E-state index in [0.717, 1.165) is 0 Å². The topological polar surface area (TPSA) is 29.1 Å². The molecule has 2 nitrogen and oxygen atoms in total. The number of benzene rings is 1. The largest absolute Gasteiger partial charge is 0.324 e. The first-order valence-corrected chi connectivity index (χ1v) is 4.61. The normalized spacial score (nSPS) is 9.21. The first kappa shape index (κ1) is 10.7. The van der Waals surface area contributed by atoms with Gasteiger partial charge in [-0.2, -0.15) is 0 Å². The van der Waals surface area contributed by atoms with Crippen LogP contribution in [0.3, 0.4) is 0 Å². The van der Waals surface area contributed by atoms with E-state index in [4.69, 9.17) is 6.42 Å². The average molecular weight is 256 g/mol. The third-order valence-electron chi connectivity index (χ3n) is 1.47. The standard InChI is InChI=1S/C10H7BrFNO/c1-2-3-10(14)13-9-5-4-7(12)6-8(9)11/h1,4-6H,3H2,(H,13,14). The third kappa shape index (κ3) is 2.86. The van der Waals surface area contributed by atoms with Crippen LogP contribution in [-0.4, -0.2) is 5.91 Å². The van der Waals surface area contributed by atoms with Gasteiger partial charge in [0, 0.05) is 4.47 Å². The van der Waals surface area contributed by atoms with Crippen LogP contribution in [0.1, 0.15) is 6.42 Å². The number of hydrogen-bond donors (Lipinski definition) is 1. The van der Waals surface area contributed by atoms with E-state index >= 15 is 0 Å². The van der Waals surface area contributed by atoms with Gasteiger partial charge in [-0.1, -0.05) is 5.92 Å². The van der Waals surface area contributed by atoms with Crippen molar-refractivity contribution < 1.29 is 9.18 Å². The fourth-order valence-corrected chi connectivity index (χ4v) is 1.33. The molecule has 0 saturated heterocycles. The Balaban J connectivity index is 2.78. The number of halogens is 2. The Kier molecular flexibility index (Phi) is 3.66. The van der Waals surface area contributed by atoms with Crippen LogP contribution in [0.5, 0.6) is 0 Å². The molecule has 1 N–H and O–H groups in total. The van der Waals surface area contributed by atoms with Gasteiger partial charge in [0.15, 0.2) is 0 Å². The van der Waals surface area contributed by atoms with Crippen LogP contribution in [0.15, 0.2) is 22.7 Å². The highest BCUT2D eigenvalue weighted by Gasteiger charge is 2.04. The maximum atomic E-state index is 12.7. The summed E-state index contributed by atoms with van der Waals surface area (Å²) in [6.45, 7) is 0. The van der Waals surface area contributed by atoms with Gasteiger partial charge in [0.05, 0.1) is 12.1 Å². The van der Waals surface area contributed by atoms with Gasteiger partial charge in [-0.05, 0) is 34.1 Å². The Morgan fingerprint density at radius 1 is 1.64 bits per heavy atom. The van der Waals surface area contributed by atoms with Gasteiger partial charge in [0.2, 0.25) is 5.91 Å². The van der Waals surface area contributed by atoms with Crippen molar-refractivity contribution in [2.75, 3.05) is 5.32 Å². The van der Waals surface area contributed by atoms with Crippen LogP contribution < -0.4 is 5.32 Å². The Hall–Kier alpha value is -1.34. The number of amides is 1. The first-order valence-electron chi connectivity index (χ1n) is 3.82. The van der Waals surface area contributed by atoms with Crippen molar-refractivity contribution in [3.8, 4) is 12.3 Å². The molecule has 0 aliphatic heterocycles. The molecule has 0 saturated carbocycles. The number of carbonyl (C=O) groups is 1. The van der Waals surface area contributed by atoms with E-state index in [1.807, 2.05) is 0 Å². The third-order valence-corrected chi connectivity index (χ3v) is 2.12. The summed E-state index contributed by atoms with van der Waals surface area (Å²) in [4.78, 5) is 11.1. The van der Waals surface area contributed by atoms with E-state index in [0.29, 0.717) is 10.2 Å². The summed E-state index contributed by atoms with van der Waals surface area (Å²) in [5.74, 6) is 1.56. The van der Waals surface area contributed by atoms with Gasteiger partial charge < -0.3 is 5.32 Å². The smallest absolute Gasteiger partial charge is 0.236 e. The number of hydrogen-bond acceptors (Lipinski definition) is 1. The minimum atomic E-state index is -0.369. The van der Waals surface area contributed by atoms with E-state index in [9.17, 15) is 9.18 Å². The van der Waals surface area contributed by atoms with Gasteiger partial charge in [0.25, 0.3) is 0 Å². The van der Waals surface area contributed by atoms with Crippen LogP contribution in [0.4, 0.5) is 10.1 Å². The number of terminal acetylenes is 1. The second-order valence-electron chi connectivity index (χ2n) is 2.55. The second kappa shape index (κ2) is 4.77. The van der Waals surface area contributed by atoms with Crippen LogP contribution in [0.2, 0.25) is 0 Å². The molecule has 1 aromatic carbocycles. The zero-order valence-electron chi connectivity index (χ0n) is 7.18. The van der Waals surface area contributed by atoms with E-state index in [2.05, 4.69) is 27.2 Å². The molecule has 0 aliphatic carbocycles. The van der Waals surface area contributed by atoms with Crippen LogP contribution >= 0.6 is 15.9 Å². The number of rotatable bonds is 2. The monoisotopic (exact) mass is 255 g/mol. The predicted molar refractivity (Wildman–Crippen MR) is 56.2 cm³/mol. The van der Waals surface area contributed by atoms with Crippen molar-refractivity contribution in [3.05, 3.63) is 28.5 Å². The van der Waals surface area contributed by atoms with E-state index in [-0.39, 0.29) is 18.1 Å². The Morgan fingerprint density at radius 3 is 2.93 bits per heavy atom. The van der Waals surface area contributed by atoms with Gasteiger partial charge in [-0.25, -0.2) is 4.39 Å². The predicted octanol–water partition coefficient (Wildman–Crippen LogP) is 2.55. The van der Waals surface area contributed by atoms with E-state index in [1.165, 1.54) is 18.2 Å². The average Bonchev–Trinajstić information content (AvgIpc) is 2.10. The summed E-state index contributed by atoms with van der Waals surface area (Å²) >= 11 is 3.12. The summed E-state index contributed by atoms with van der Waals surface area (Å²) in [6, 6.07) is 4.00. The minimum Gasteiger partial charge on any atom is -0.324 e. The number of carbonyl (C=O) groups excluding carboxylic acids is 1. The van der Waals surface area contributed by atoms with E-state index < -0.39 is 0 Å². The highest BCUT2D eigenvalue weighted by Crippen LogP contribution is 2.22. The zero-order chi connectivity index (χ0) is 10.6. The number of nitrogens with one attached hydrogen (secondary N) is 1. The lowest BCUT2D eigenvalue weighted by molar-refractivity contribution is -0.115. The molecule has 1 aromatic rings. The molecule has 0 spiro atoms. The van der Waals surface area contributed by atoms with Crippen LogP contribution in [0.25, 0.3) is 0 Å². The minimum absolute atomic E-state index is 0.00379. The van der Waals surface area contributed by atoms with Crippen LogP contribution in [-0.2, 0) is 4.79 Å². The molecule has 4 heteroatoms. The molecule has 72 valence electrons. The van der Waals surface area contributed by atoms with E-state index in [1.54, 1.807) is 0 Å². The molecule has 0 heterocycles. The molecule has 0 aliphatic rings. The van der Waals surface area contributed by atoms with Crippen molar-refractivity contribution >= 4 is 27.5 Å². The molecule has 0 fully saturated rings. The van der Waals surface area contributed by atoms with Crippen molar-refractivity contribution in [2.45, 2.75) is 6.42 Å².